The van der Waals surface area contributed by atoms with Gasteiger partial charge in [-0.3, -0.25) is 9.59 Å². The number of hydrogen-bond acceptors (Lipinski definition) is 3. The van der Waals surface area contributed by atoms with Crippen LogP contribution in [0.5, 0.6) is 5.75 Å². The van der Waals surface area contributed by atoms with Crippen LogP contribution in [-0.2, 0) is 16.0 Å². The van der Waals surface area contributed by atoms with E-state index in [1.54, 1.807) is 6.92 Å². The van der Waals surface area contributed by atoms with Crippen LogP contribution in [0.25, 0.3) is 0 Å². The summed E-state index contributed by atoms with van der Waals surface area (Å²) in [6, 6.07) is 7.69. The van der Waals surface area contributed by atoms with Crippen LogP contribution in [0.3, 0.4) is 0 Å². The van der Waals surface area contributed by atoms with Crippen molar-refractivity contribution in [1.82, 2.24) is 5.32 Å². The van der Waals surface area contributed by atoms with Crippen molar-refractivity contribution < 1.29 is 19.4 Å². The molecule has 5 nitrogen and oxygen atoms in total. The number of ether oxygens (including phenoxy) is 1. The number of aryl methyl sites for hydroxylation is 1. The lowest BCUT2D eigenvalue weighted by Crippen LogP contribution is -2.29. The van der Waals surface area contributed by atoms with Gasteiger partial charge in [-0.2, -0.15) is 0 Å². The minimum atomic E-state index is -0.842. The number of rotatable bonds is 9. The predicted octanol–water partition coefficient (Wildman–Crippen LogP) is 2.24. The molecule has 0 spiro atoms. The molecule has 0 bridgehead atoms. The highest BCUT2D eigenvalue weighted by Crippen LogP contribution is 2.13. The maximum Gasteiger partial charge on any atom is 0.303 e. The van der Waals surface area contributed by atoms with Crippen LogP contribution in [0.2, 0.25) is 0 Å². The molecule has 1 atom stereocenters. The molecule has 0 heterocycles. The first-order chi connectivity index (χ1) is 10.0. The van der Waals surface area contributed by atoms with Crippen molar-refractivity contribution in [2.24, 2.45) is 5.92 Å². The Morgan fingerprint density at radius 2 is 1.95 bits per heavy atom. The molecule has 0 saturated heterocycles. The quantitative estimate of drug-likeness (QED) is 0.732. The fraction of sp³-hybridized carbons (Fsp3) is 0.500. The number of carbonyl (C=O) groups excluding carboxylic acids is 1. The Morgan fingerprint density at radius 3 is 2.52 bits per heavy atom. The molecule has 1 amide bonds. The van der Waals surface area contributed by atoms with Gasteiger partial charge < -0.3 is 15.2 Å². The van der Waals surface area contributed by atoms with Crippen LogP contribution in [0.1, 0.15) is 32.3 Å². The lowest BCUT2D eigenvalue weighted by atomic mass is 10.1. The predicted molar refractivity (Wildman–Crippen MR) is 80.4 cm³/mol. The molecule has 1 aromatic rings. The van der Waals surface area contributed by atoms with Gasteiger partial charge in [-0.15, -0.1) is 0 Å². The van der Waals surface area contributed by atoms with E-state index < -0.39 is 5.97 Å². The molecular weight excluding hydrogens is 270 g/mol. The van der Waals surface area contributed by atoms with Crippen molar-refractivity contribution in [2.45, 2.75) is 33.1 Å². The number of nitrogens with one attached hydrogen (secondary N) is 1. The molecule has 116 valence electrons. The molecule has 21 heavy (non-hydrogen) atoms. The minimum Gasteiger partial charge on any atom is -0.494 e. The van der Waals surface area contributed by atoms with Crippen LogP contribution < -0.4 is 10.1 Å². The van der Waals surface area contributed by atoms with E-state index >= 15 is 0 Å². The zero-order chi connectivity index (χ0) is 15.7. The number of hydrogen-bond donors (Lipinski definition) is 2. The van der Waals surface area contributed by atoms with Gasteiger partial charge in [0.05, 0.1) is 6.61 Å². The first kappa shape index (κ1) is 17.0. The van der Waals surface area contributed by atoms with Crippen LogP contribution >= 0.6 is 0 Å². The summed E-state index contributed by atoms with van der Waals surface area (Å²) >= 11 is 0. The van der Waals surface area contributed by atoms with Gasteiger partial charge in [0, 0.05) is 19.4 Å². The highest BCUT2D eigenvalue weighted by molar-refractivity contribution is 5.76. The Balaban J connectivity index is 2.27. The SMILES string of the molecule is CCOc1ccc(CCC(=O)NCC(C)CC(=O)O)cc1. The highest BCUT2D eigenvalue weighted by atomic mass is 16.5. The summed E-state index contributed by atoms with van der Waals surface area (Å²) in [5, 5.41) is 11.4. The number of carboxylic acid groups (broad SMARTS) is 1. The summed E-state index contributed by atoms with van der Waals surface area (Å²) in [4.78, 5) is 22.2. The maximum atomic E-state index is 11.7. The van der Waals surface area contributed by atoms with Crippen molar-refractivity contribution in [3.8, 4) is 5.75 Å². The van der Waals surface area contributed by atoms with E-state index in [1.165, 1.54) is 0 Å². The third-order valence-electron chi connectivity index (χ3n) is 3.05. The summed E-state index contributed by atoms with van der Waals surface area (Å²) < 4.78 is 5.36. The van der Waals surface area contributed by atoms with Crippen molar-refractivity contribution in [1.29, 1.82) is 0 Å². The monoisotopic (exact) mass is 293 g/mol. The van der Waals surface area contributed by atoms with E-state index in [9.17, 15) is 9.59 Å². The molecular formula is C16H23NO4. The largest absolute Gasteiger partial charge is 0.494 e. The lowest BCUT2D eigenvalue weighted by Gasteiger charge is -2.10. The number of carbonyl (C=O) groups is 2. The van der Waals surface area contributed by atoms with Gasteiger partial charge >= 0.3 is 5.97 Å². The maximum absolute atomic E-state index is 11.7. The second-order valence-electron chi connectivity index (χ2n) is 5.08. The molecule has 2 N–H and O–H groups in total. The number of benzene rings is 1. The number of aliphatic carboxylic acids is 1. The van der Waals surface area contributed by atoms with Crippen LogP contribution in [0, 0.1) is 5.92 Å². The molecule has 1 aromatic carbocycles. The van der Waals surface area contributed by atoms with Crippen molar-refractivity contribution >= 4 is 11.9 Å². The van der Waals surface area contributed by atoms with Crippen LogP contribution in [0.4, 0.5) is 0 Å². The van der Waals surface area contributed by atoms with Gasteiger partial charge in [-0.05, 0) is 37.0 Å². The zero-order valence-electron chi connectivity index (χ0n) is 12.6. The average molecular weight is 293 g/mol. The summed E-state index contributed by atoms with van der Waals surface area (Å²) in [6.07, 6.45) is 1.12. The summed E-state index contributed by atoms with van der Waals surface area (Å²) in [5.41, 5.74) is 1.08. The lowest BCUT2D eigenvalue weighted by molar-refractivity contribution is -0.138. The van der Waals surface area contributed by atoms with E-state index in [0.717, 1.165) is 11.3 Å². The topological polar surface area (TPSA) is 75.6 Å². The fourth-order valence-corrected chi connectivity index (χ4v) is 1.92. The summed E-state index contributed by atoms with van der Waals surface area (Å²) in [6.45, 7) is 4.77. The Bertz CT molecular complexity index is 456. The molecule has 0 saturated carbocycles. The fourth-order valence-electron chi connectivity index (χ4n) is 1.92. The highest BCUT2D eigenvalue weighted by Gasteiger charge is 2.09. The normalized spacial score (nSPS) is 11.7. The zero-order valence-corrected chi connectivity index (χ0v) is 12.6. The molecule has 1 rings (SSSR count). The third kappa shape index (κ3) is 7.34. The molecule has 5 heteroatoms. The van der Waals surface area contributed by atoms with Crippen molar-refractivity contribution in [3.63, 3.8) is 0 Å². The molecule has 0 radical (unpaired) electrons. The van der Waals surface area contributed by atoms with Crippen molar-refractivity contribution in [2.75, 3.05) is 13.2 Å². The molecule has 0 aliphatic heterocycles. The minimum absolute atomic E-state index is 0.0545. The van der Waals surface area contributed by atoms with Gasteiger partial charge in [0.25, 0.3) is 0 Å². The third-order valence-corrected chi connectivity index (χ3v) is 3.05. The van der Waals surface area contributed by atoms with Gasteiger partial charge in [0.2, 0.25) is 5.91 Å². The second-order valence-corrected chi connectivity index (χ2v) is 5.08. The Kier molecular flexibility index (Phi) is 7.29. The average Bonchev–Trinajstić information content (AvgIpc) is 2.44. The van der Waals surface area contributed by atoms with E-state index in [1.807, 2.05) is 31.2 Å². The summed E-state index contributed by atoms with van der Waals surface area (Å²) in [5.74, 6) is -0.127. The Hall–Kier alpha value is -2.04. The van der Waals surface area contributed by atoms with E-state index in [2.05, 4.69) is 5.32 Å². The number of carboxylic acids is 1. The van der Waals surface area contributed by atoms with Crippen molar-refractivity contribution in [3.05, 3.63) is 29.8 Å². The Labute approximate surface area is 125 Å². The first-order valence-corrected chi connectivity index (χ1v) is 7.21. The standard InChI is InChI=1S/C16H23NO4/c1-3-21-14-7-4-13(5-8-14)6-9-15(18)17-11-12(2)10-16(19)20/h4-5,7-8,12H,3,6,9-11H2,1-2H3,(H,17,18)(H,19,20). The second kappa shape index (κ2) is 9.00. The van der Waals surface area contributed by atoms with E-state index in [0.29, 0.717) is 26.0 Å². The molecule has 0 fully saturated rings. The number of amides is 1. The van der Waals surface area contributed by atoms with Crippen LogP contribution in [0.15, 0.2) is 24.3 Å². The Morgan fingerprint density at radius 1 is 1.29 bits per heavy atom. The first-order valence-electron chi connectivity index (χ1n) is 7.21. The molecule has 0 aliphatic rings. The molecule has 0 aromatic heterocycles. The van der Waals surface area contributed by atoms with E-state index in [4.69, 9.17) is 9.84 Å². The van der Waals surface area contributed by atoms with Gasteiger partial charge in [0.15, 0.2) is 0 Å². The molecule has 1 unspecified atom stereocenters. The van der Waals surface area contributed by atoms with Gasteiger partial charge in [-0.25, -0.2) is 0 Å². The van der Waals surface area contributed by atoms with Gasteiger partial charge in [-0.1, -0.05) is 19.1 Å². The van der Waals surface area contributed by atoms with Crippen LogP contribution in [-0.4, -0.2) is 30.1 Å². The van der Waals surface area contributed by atoms with Gasteiger partial charge in [0.1, 0.15) is 5.75 Å². The van der Waals surface area contributed by atoms with E-state index in [-0.39, 0.29) is 18.2 Å². The molecule has 0 aliphatic carbocycles. The summed E-state index contributed by atoms with van der Waals surface area (Å²) in [7, 11) is 0. The smallest absolute Gasteiger partial charge is 0.303 e.